The summed E-state index contributed by atoms with van der Waals surface area (Å²) in [7, 11) is 0. The topological polar surface area (TPSA) is 84.2 Å². The lowest BCUT2D eigenvalue weighted by atomic mass is 10.1. The average molecular weight is 365 g/mol. The monoisotopic (exact) mass is 365 g/mol. The molecule has 1 atom stereocenters. The van der Waals surface area contributed by atoms with E-state index in [1.54, 1.807) is 36.4 Å². The first kappa shape index (κ1) is 18.8. The van der Waals surface area contributed by atoms with E-state index in [2.05, 4.69) is 10.4 Å². The fourth-order valence-corrected chi connectivity index (χ4v) is 2.94. The van der Waals surface area contributed by atoms with Gasteiger partial charge in [0.2, 0.25) is 0 Å². The Morgan fingerprint density at radius 2 is 1.70 bits per heavy atom. The van der Waals surface area contributed by atoms with Gasteiger partial charge in [0.1, 0.15) is 0 Å². The number of fused-ring (bicyclic) bond motifs is 1. The summed E-state index contributed by atoms with van der Waals surface area (Å²) in [4.78, 5) is 25.4. The summed E-state index contributed by atoms with van der Waals surface area (Å²) in [6, 6.07) is 16.1. The molecule has 2 aromatic carbocycles. The third kappa shape index (κ3) is 4.23. The number of carbonyl (C=O) groups excluding carboxylic acids is 1. The van der Waals surface area contributed by atoms with Crippen LogP contribution in [-0.2, 0) is 6.54 Å². The van der Waals surface area contributed by atoms with Gasteiger partial charge in [0.05, 0.1) is 11.5 Å². The number of aliphatic hydroxyl groups is 1. The molecule has 140 valence electrons. The minimum atomic E-state index is -0.817. The van der Waals surface area contributed by atoms with Crippen LogP contribution >= 0.6 is 0 Å². The molecule has 0 fully saturated rings. The molecule has 0 unspecified atom stereocenters. The Kier molecular flexibility index (Phi) is 5.66. The van der Waals surface area contributed by atoms with Crippen LogP contribution in [0.2, 0.25) is 0 Å². The molecule has 3 aromatic rings. The Balaban J connectivity index is 1.89. The van der Waals surface area contributed by atoms with E-state index in [-0.39, 0.29) is 23.7 Å². The molecule has 0 radical (unpaired) electrons. The zero-order chi connectivity index (χ0) is 19.4. The van der Waals surface area contributed by atoms with Crippen molar-refractivity contribution in [2.24, 2.45) is 5.92 Å². The van der Waals surface area contributed by atoms with Crippen molar-refractivity contribution in [2.45, 2.75) is 26.5 Å². The van der Waals surface area contributed by atoms with Gasteiger partial charge < -0.3 is 10.4 Å². The standard InChI is InChI=1S/C21H23N3O3/c1-14(2)13-24-21(27)17-11-7-6-10-16(17)19(23-24)20(26)22-12-18(25)15-8-4-3-5-9-15/h3-11,14,18,25H,12-13H2,1-2H3,(H,22,26)/t18-/m0/s1. The first-order valence-corrected chi connectivity index (χ1v) is 8.98. The molecular formula is C21H23N3O3. The van der Waals surface area contributed by atoms with Gasteiger partial charge in [-0.3, -0.25) is 9.59 Å². The molecule has 1 heterocycles. The molecule has 1 amide bonds. The van der Waals surface area contributed by atoms with Crippen molar-refractivity contribution >= 4 is 16.7 Å². The fraction of sp³-hybridized carbons (Fsp3) is 0.286. The van der Waals surface area contributed by atoms with Crippen LogP contribution in [0.1, 0.15) is 36.0 Å². The van der Waals surface area contributed by atoms with Gasteiger partial charge in [-0.25, -0.2) is 4.68 Å². The van der Waals surface area contributed by atoms with Crippen LogP contribution in [0.4, 0.5) is 0 Å². The SMILES string of the molecule is CC(C)Cn1nc(C(=O)NC[C@H](O)c2ccccc2)c2ccccc2c1=O. The van der Waals surface area contributed by atoms with E-state index in [9.17, 15) is 14.7 Å². The lowest BCUT2D eigenvalue weighted by Gasteiger charge is -2.14. The van der Waals surface area contributed by atoms with Crippen LogP contribution in [-0.4, -0.2) is 27.3 Å². The molecule has 0 bridgehead atoms. The molecule has 0 saturated carbocycles. The van der Waals surface area contributed by atoms with Crippen LogP contribution in [0.25, 0.3) is 10.8 Å². The lowest BCUT2D eigenvalue weighted by molar-refractivity contribution is 0.0910. The largest absolute Gasteiger partial charge is 0.387 e. The van der Waals surface area contributed by atoms with Crippen molar-refractivity contribution in [3.8, 4) is 0 Å². The summed E-state index contributed by atoms with van der Waals surface area (Å²) in [5, 5.41) is 18.2. The maximum absolute atomic E-state index is 12.7. The maximum Gasteiger partial charge on any atom is 0.274 e. The van der Waals surface area contributed by atoms with E-state index >= 15 is 0 Å². The maximum atomic E-state index is 12.7. The summed E-state index contributed by atoms with van der Waals surface area (Å²) in [6.07, 6.45) is -0.817. The van der Waals surface area contributed by atoms with Crippen LogP contribution in [0, 0.1) is 5.92 Å². The molecule has 3 rings (SSSR count). The number of hydrogen-bond acceptors (Lipinski definition) is 4. The highest BCUT2D eigenvalue weighted by Gasteiger charge is 2.18. The highest BCUT2D eigenvalue weighted by molar-refractivity contribution is 6.04. The second-order valence-corrected chi connectivity index (χ2v) is 6.91. The molecular weight excluding hydrogens is 342 g/mol. The van der Waals surface area contributed by atoms with Gasteiger partial charge in [-0.1, -0.05) is 62.4 Å². The molecule has 0 aliphatic carbocycles. The minimum Gasteiger partial charge on any atom is -0.387 e. The summed E-state index contributed by atoms with van der Waals surface area (Å²) in [6.45, 7) is 4.46. The Bertz CT molecular complexity index is 996. The van der Waals surface area contributed by atoms with E-state index in [1.807, 2.05) is 32.0 Å². The summed E-state index contributed by atoms with van der Waals surface area (Å²) in [5.74, 6) is -0.203. The number of amides is 1. The van der Waals surface area contributed by atoms with Gasteiger partial charge in [0.25, 0.3) is 11.5 Å². The number of nitrogens with zero attached hydrogens (tertiary/aromatic N) is 2. The molecule has 6 heteroatoms. The van der Waals surface area contributed by atoms with Gasteiger partial charge in [-0.05, 0) is 17.5 Å². The molecule has 0 aliphatic heterocycles. The number of aromatic nitrogens is 2. The summed E-state index contributed by atoms with van der Waals surface area (Å²) in [5.41, 5.74) is 0.701. The van der Waals surface area contributed by atoms with Crippen molar-refractivity contribution in [1.29, 1.82) is 0 Å². The third-order valence-corrected chi connectivity index (χ3v) is 4.26. The number of carbonyl (C=O) groups is 1. The van der Waals surface area contributed by atoms with Crippen molar-refractivity contribution in [3.05, 3.63) is 76.2 Å². The van der Waals surface area contributed by atoms with Crippen LogP contribution in [0.15, 0.2) is 59.4 Å². The second kappa shape index (κ2) is 8.14. The summed E-state index contributed by atoms with van der Waals surface area (Å²) >= 11 is 0. The zero-order valence-corrected chi connectivity index (χ0v) is 15.4. The number of hydrogen-bond donors (Lipinski definition) is 2. The van der Waals surface area contributed by atoms with Crippen LogP contribution < -0.4 is 10.9 Å². The summed E-state index contributed by atoms with van der Waals surface area (Å²) < 4.78 is 1.34. The minimum absolute atomic E-state index is 0.0577. The Hall–Kier alpha value is -2.99. The second-order valence-electron chi connectivity index (χ2n) is 6.91. The smallest absolute Gasteiger partial charge is 0.274 e. The molecule has 27 heavy (non-hydrogen) atoms. The molecule has 2 N–H and O–H groups in total. The van der Waals surface area contributed by atoms with Crippen molar-refractivity contribution < 1.29 is 9.90 Å². The average Bonchev–Trinajstić information content (AvgIpc) is 2.68. The first-order valence-electron chi connectivity index (χ1n) is 8.98. The van der Waals surface area contributed by atoms with Crippen LogP contribution in [0.5, 0.6) is 0 Å². The van der Waals surface area contributed by atoms with Gasteiger partial charge >= 0.3 is 0 Å². The fourth-order valence-electron chi connectivity index (χ4n) is 2.94. The Morgan fingerprint density at radius 3 is 2.37 bits per heavy atom. The van der Waals surface area contributed by atoms with Gasteiger partial charge in [0.15, 0.2) is 5.69 Å². The predicted molar refractivity (Wildman–Crippen MR) is 105 cm³/mol. The quantitative estimate of drug-likeness (QED) is 0.703. The normalized spacial score (nSPS) is 12.3. The Labute approximate surface area is 157 Å². The van der Waals surface area contributed by atoms with E-state index in [1.165, 1.54) is 4.68 Å². The van der Waals surface area contributed by atoms with Crippen molar-refractivity contribution in [1.82, 2.24) is 15.1 Å². The highest BCUT2D eigenvalue weighted by Crippen LogP contribution is 2.15. The molecule has 0 spiro atoms. The molecule has 0 saturated heterocycles. The van der Waals surface area contributed by atoms with Crippen molar-refractivity contribution in [2.75, 3.05) is 6.54 Å². The number of benzene rings is 2. The number of aliphatic hydroxyl groups excluding tert-OH is 1. The van der Waals surface area contributed by atoms with Gasteiger partial charge in [0, 0.05) is 18.5 Å². The van der Waals surface area contributed by atoms with E-state index in [4.69, 9.17) is 0 Å². The van der Waals surface area contributed by atoms with E-state index in [0.29, 0.717) is 17.3 Å². The number of rotatable bonds is 6. The highest BCUT2D eigenvalue weighted by atomic mass is 16.3. The predicted octanol–water partition coefficient (Wildman–Crippen LogP) is 2.52. The van der Waals surface area contributed by atoms with Crippen molar-refractivity contribution in [3.63, 3.8) is 0 Å². The molecule has 0 aliphatic rings. The lowest BCUT2D eigenvalue weighted by Crippen LogP contribution is -2.33. The first-order chi connectivity index (χ1) is 13.0. The third-order valence-electron chi connectivity index (χ3n) is 4.26. The zero-order valence-electron chi connectivity index (χ0n) is 15.4. The Morgan fingerprint density at radius 1 is 1.07 bits per heavy atom. The molecule has 6 nitrogen and oxygen atoms in total. The van der Waals surface area contributed by atoms with Gasteiger partial charge in [-0.15, -0.1) is 0 Å². The number of nitrogens with one attached hydrogen (secondary N) is 1. The van der Waals surface area contributed by atoms with E-state index < -0.39 is 12.0 Å². The van der Waals surface area contributed by atoms with Gasteiger partial charge in [-0.2, -0.15) is 5.10 Å². The van der Waals surface area contributed by atoms with E-state index in [0.717, 1.165) is 5.56 Å². The van der Waals surface area contributed by atoms with Crippen LogP contribution in [0.3, 0.4) is 0 Å². The molecule has 1 aromatic heterocycles.